The first-order chi connectivity index (χ1) is 9.99. The summed E-state index contributed by atoms with van der Waals surface area (Å²) < 4.78 is 12.9. The van der Waals surface area contributed by atoms with Crippen LogP contribution in [0.5, 0.6) is 0 Å². The zero-order valence-corrected chi connectivity index (χ0v) is 12.6. The molecule has 1 aliphatic heterocycles. The summed E-state index contributed by atoms with van der Waals surface area (Å²) in [7, 11) is 0. The highest BCUT2D eigenvalue weighted by Gasteiger charge is 2.23. The van der Waals surface area contributed by atoms with Crippen molar-refractivity contribution < 1.29 is 9.50 Å². The summed E-state index contributed by atoms with van der Waals surface area (Å²) in [6, 6.07) is 5.83. The third-order valence-corrected chi connectivity index (χ3v) is 3.95. The van der Waals surface area contributed by atoms with Crippen molar-refractivity contribution in [3.05, 3.63) is 35.6 Å². The van der Waals surface area contributed by atoms with Crippen LogP contribution in [-0.4, -0.2) is 35.6 Å². The Hall–Kier alpha value is -1.62. The van der Waals surface area contributed by atoms with Gasteiger partial charge in [-0.2, -0.15) is 0 Å². The summed E-state index contributed by atoms with van der Waals surface area (Å²) in [6.07, 6.45) is 4.73. The van der Waals surface area contributed by atoms with E-state index in [0.29, 0.717) is 11.5 Å². The lowest BCUT2D eigenvalue weighted by Crippen LogP contribution is -2.39. The molecule has 0 amide bonds. The Morgan fingerprint density at radius 1 is 1.24 bits per heavy atom. The second-order valence-corrected chi connectivity index (χ2v) is 5.86. The highest BCUT2D eigenvalue weighted by molar-refractivity contribution is 5.78. The van der Waals surface area contributed by atoms with Gasteiger partial charge in [0.15, 0.2) is 5.96 Å². The third-order valence-electron chi connectivity index (χ3n) is 3.95. The van der Waals surface area contributed by atoms with Crippen molar-refractivity contribution >= 4 is 5.96 Å². The van der Waals surface area contributed by atoms with Crippen LogP contribution in [0.25, 0.3) is 0 Å². The number of halogens is 1. The van der Waals surface area contributed by atoms with Crippen LogP contribution in [-0.2, 0) is 5.60 Å². The molecule has 1 saturated heterocycles. The van der Waals surface area contributed by atoms with Crippen molar-refractivity contribution in [3.63, 3.8) is 0 Å². The smallest absolute Gasteiger partial charge is 0.191 e. The van der Waals surface area contributed by atoms with Crippen molar-refractivity contribution in [2.75, 3.05) is 19.6 Å². The van der Waals surface area contributed by atoms with Gasteiger partial charge < -0.3 is 15.7 Å². The van der Waals surface area contributed by atoms with Gasteiger partial charge in [-0.1, -0.05) is 25.0 Å². The molecule has 1 heterocycles. The topological polar surface area (TPSA) is 61.9 Å². The van der Waals surface area contributed by atoms with Crippen molar-refractivity contribution in [2.24, 2.45) is 10.7 Å². The fourth-order valence-electron chi connectivity index (χ4n) is 2.53. The second kappa shape index (κ2) is 6.89. The Balaban J connectivity index is 2.01. The fraction of sp³-hybridized carbons (Fsp3) is 0.562. The molecule has 0 spiro atoms. The van der Waals surface area contributed by atoms with Gasteiger partial charge in [0.1, 0.15) is 11.4 Å². The summed E-state index contributed by atoms with van der Waals surface area (Å²) in [6.45, 7) is 3.68. The molecule has 1 aromatic carbocycles. The predicted octanol–water partition coefficient (Wildman–Crippen LogP) is 2.22. The first-order valence-corrected chi connectivity index (χ1v) is 7.52. The molecule has 4 nitrogen and oxygen atoms in total. The summed E-state index contributed by atoms with van der Waals surface area (Å²) in [5.74, 6) is 0.168. The molecule has 116 valence electrons. The van der Waals surface area contributed by atoms with Gasteiger partial charge in [0, 0.05) is 13.1 Å². The number of benzene rings is 1. The standard InChI is InChI=1S/C16H24FN3O/c1-16(21,13-6-8-14(17)9-7-13)12-19-15(18)20-10-4-2-3-5-11-20/h6-9,21H,2-5,10-12H2,1H3,(H2,18,19). The molecule has 0 aliphatic carbocycles. The van der Waals surface area contributed by atoms with E-state index in [9.17, 15) is 9.50 Å². The predicted molar refractivity (Wildman–Crippen MR) is 82.5 cm³/mol. The molecule has 1 aliphatic rings. The van der Waals surface area contributed by atoms with Crippen LogP contribution in [0.2, 0.25) is 0 Å². The Labute approximate surface area is 125 Å². The Kier molecular flexibility index (Phi) is 5.17. The van der Waals surface area contributed by atoms with Crippen molar-refractivity contribution in [2.45, 2.75) is 38.2 Å². The normalized spacial score (nSPS) is 20.0. The molecule has 0 saturated carbocycles. The SMILES string of the molecule is CC(O)(CN=C(N)N1CCCCCC1)c1ccc(F)cc1. The van der Waals surface area contributed by atoms with Gasteiger partial charge in [0.25, 0.3) is 0 Å². The summed E-state index contributed by atoms with van der Waals surface area (Å²) in [5, 5.41) is 10.5. The molecular weight excluding hydrogens is 269 g/mol. The summed E-state index contributed by atoms with van der Waals surface area (Å²) in [4.78, 5) is 6.41. The second-order valence-electron chi connectivity index (χ2n) is 5.86. The fourth-order valence-corrected chi connectivity index (χ4v) is 2.53. The van der Waals surface area contributed by atoms with Crippen molar-refractivity contribution in [3.8, 4) is 0 Å². The average molecular weight is 293 g/mol. The van der Waals surface area contributed by atoms with Gasteiger partial charge in [-0.3, -0.25) is 0 Å². The Morgan fingerprint density at radius 3 is 2.38 bits per heavy atom. The monoisotopic (exact) mass is 293 g/mol. The number of nitrogens with zero attached hydrogens (tertiary/aromatic N) is 2. The molecule has 1 atom stereocenters. The minimum atomic E-state index is -1.15. The Morgan fingerprint density at radius 2 is 1.81 bits per heavy atom. The van der Waals surface area contributed by atoms with Crippen LogP contribution in [0.3, 0.4) is 0 Å². The highest BCUT2D eigenvalue weighted by Crippen LogP contribution is 2.21. The number of hydrogen-bond acceptors (Lipinski definition) is 2. The molecule has 0 bridgehead atoms. The third kappa shape index (κ3) is 4.43. The number of likely N-dealkylation sites (tertiary alicyclic amines) is 1. The minimum absolute atomic E-state index is 0.168. The lowest BCUT2D eigenvalue weighted by atomic mass is 9.96. The largest absolute Gasteiger partial charge is 0.384 e. The number of nitrogens with two attached hydrogens (primary N) is 1. The van der Waals surface area contributed by atoms with E-state index in [1.807, 2.05) is 0 Å². The minimum Gasteiger partial charge on any atom is -0.384 e. The number of rotatable bonds is 3. The first kappa shape index (κ1) is 15.8. The quantitative estimate of drug-likeness (QED) is 0.663. The molecule has 2 rings (SSSR count). The maximum atomic E-state index is 12.9. The van der Waals surface area contributed by atoms with Gasteiger partial charge in [-0.15, -0.1) is 0 Å². The van der Waals surface area contributed by atoms with E-state index in [-0.39, 0.29) is 12.4 Å². The van der Waals surface area contributed by atoms with E-state index in [1.165, 1.54) is 25.0 Å². The van der Waals surface area contributed by atoms with E-state index in [1.54, 1.807) is 19.1 Å². The summed E-state index contributed by atoms with van der Waals surface area (Å²) in [5.41, 5.74) is 5.52. The molecule has 1 unspecified atom stereocenters. The van der Waals surface area contributed by atoms with E-state index in [2.05, 4.69) is 9.89 Å². The van der Waals surface area contributed by atoms with E-state index in [0.717, 1.165) is 25.9 Å². The molecular formula is C16H24FN3O. The van der Waals surface area contributed by atoms with E-state index >= 15 is 0 Å². The molecule has 0 radical (unpaired) electrons. The van der Waals surface area contributed by atoms with E-state index < -0.39 is 5.60 Å². The Bertz CT molecular complexity index is 477. The number of guanidine groups is 1. The van der Waals surface area contributed by atoms with E-state index in [4.69, 9.17) is 5.73 Å². The van der Waals surface area contributed by atoms with Gasteiger partial charge in [0.2, 0.25) is 0 Å². The van der Waals surface area contributed by atoms with Crippen LogP contribution in [0.15, 0.2) is 29.3 Å². The zero-order chi connectivity index (χ0) is 15.3. The first-order valence-electron chi connectivity index (χ1n) is 7.52. The maximum absolute atomic E-state index is 12.9. The van der Waals surface area contributed by atoms with Crippen LogP contribution in [0.4, 0.5) is 4.39 Å². The lowest BCUT2D eigenvalue weighted by molar-refractivity contribution is 0.0670. The van der Waals surface area contributed by atoms with Crippen molar-refractivity contribution in [1.29, 1.82) is 0 Å². The van der Waals surface area contributed by atoms with Crippen LogP contribution >= 0.6 is 0 Å². The molecule has 0 aromatic heterocycles. The van der Waals surface area contributed by atoms with Gasteiger partial charge >= 0.3 is 0 Å². The number of hydrogen-bond donors (Lipinski definition) is 2. The molecule has 5 heteroatoms. The van der Waals surface area contributed by atoms with Gasteiger partial charge in [0.05, 0.1) is 6.54 Å². The molecule has 1 fully saturated rings. The van der Waals surface area contributed by atoms with Crippen LogP contribution in [0, 0.1) is 5.82 Å². The molecule has 3 N–H and O–H groups in total. The summed E-state index contributed by atoms with van der Waals surface area (Å²) >= 11 is 0. The van der Waals surface area contributed by atoms with Gasteiger partial charge in [-0.25, -0.2) is 9.38 Å². The highest BCUT2D eigenvalue weighted by atomic mass is 19.1. The van der Waals surface area contributed by atoms with Crippen LogP contribution in [0.1, 0.15) is 38.2 Å². The lowest BCUT2D eigenvalue weighted by Gasteiger charge is -2.25. The maximum Gasteiger partial charge on any atom is 0.191 e. The van der Waals surface area contributed by atoms with Gasteiger partial charge in [-0.05, 0) is 37.5 Å². The molecule has 1 aromatic rings. The number of aliphatic imine (C=N–C) groups is 1. The molecule has 21 heavy (non-hydrogen) atoms. The van der Waals surface area contributed by atoms with Crippen molar-refractivity contribution in [1.82, 2.24) is 4.90 Å². The van der Waals surface area contributed by atoms with Crippen LogP contribution < -0.4 is 5.73 Å². The number of aliphatic hydroxyl groups is 1. The zero-order valence-electron chi connectivity index (χ0n) is 12.6. The average Bonchev–Trinajstić information content (AvgIpc) is 2.74.